The molecule has 1 aliphatic heterocycles. The first-order valence-electron chi connectivity index (χ1n) is 6.43. The van der Waals surface area contributed by atoms with E-state index in [-0.39, 0.29) is 5.91 Å². The Labute approximate surface area is 130 Å². The Bertz CT molecular complexity index is 694. The maximum atomic E-state index is 14.1. The van der Waals surface area contributed by atoms with Gasteiger partial charge < -0.3 is 0 Å². The number of rotatable bonds is 2. The summed E-state index contributed by atoms with van der Waals surface area (Å²) in [4.78, 5) is 12.8. The molecule has 1 amide bonds. The van der Waals surface area contributed by atoms with Crippen LogP contribution >= 0.6 is 22.9 Å². The van der Waals surface area contributed by atoms with Gasteiger partial charge in [0.25, 0.3) is 0 Å². The van der Waals surface area contributed by atoms with Crippen molar-refractivity contribution in [1.82, 2.24) is 5.01 Å². The number of hydrogen-bond donors (Lipinski definition) is 0. The van der Waals surface area contributed by atoms with E-state index in [0.717, 1.165) is 10.6 Å². The van der Waals surface area contributed by atoms with Gasteiger partial charge in [0.05, 0.1) is 16.6 Å². The fourth-order valence-corrected chi connectivity index (χ4v) is 3.46. The lowest BCUT2D eigenvalue weighted by atomic mass is 10.0. The van der Waals surface area contributed by atoms with Crippen molar-refractivity contribution in [2.45, 2.75) is 19.4 Å². The fourth-order valence-electron chi connectivity index (χ4n) is 2.45. The minimum absolute atomic E-state index is 0.231. The molecule has 6 heteroatoms. The van der Waals surface area contributed by atoms with Crippen LogP contribution in [-0.2, 0) is 4.79 Å². The predicted octanol–water partition coefficient (Wildman–Crippen LogP) is 4.24. The van der Waals surface area contributed by atoms with Crippen LogP contribution < -0.4 is 0 Å². The van der Waals surface area contributed by atoms with Gasteiger partial charge >= 0.3 is 0 Å². The second kappa shape index (κ2) is 5.58. The van der Waals surface area contributed by atoms with E-state index in [2.05, 4.69) is 5.10 Å². The van der Waals surface area contributed by atoms with E-state index in [1.165, 1.54) is 18.0 Å². The predicted molar refractivity (Wildman–Crippen MR) is 82.1 cm³/mol. The zero-order valence-electron chi connectivity index (χ0n) is 11.2. The quantitative estimate of drug-likeness (QED) is 0.814. The molecule has 2 aromatic rings. The van der Waals surface area contributed by atoms with Gasteiger partial charge in [0.1, 0.15) is 5.82 Å². The van der Waals surface area contributed by atoms with E-state index < -0.39 is 11.9 Å². The molecule has 0 bridgehead atoms. The molecule has 1 aliphatic rings. The number of hydrazone groups is 1. The van der Waals surface area contributed by atoms with Crippen LogP contribution in [0.15, 0.2) is 40.8 Å². The molecule has 0 saturated heterocycles. The average molecular weight is 323 g/mol. The third-order valence-electron chi connectivity index (χ3n) is 3.37. The van der Waals surface area contributed by atoms with Gasteiger partial charge in [0.15, 0.2) is 0 Å². The molecule has 0 unspecified atom stereocenters. The van der Waals surface area contributed by atoms with E-state index in [0.29, 0.717) is 17.0 Å². The number of thiophene rings is 1. The molecule has 0 radical (unpaired) electrons. The second-order valence-electron chi connectivity index (χ2n) is 4.74. The number of hydrogen-bond acceptors (Lipinski definition) is 3. The van der Waals surface area contributed by atoms with Crippen molar-refractivity contribution in [1.29, 1.82) is 0 Å². The van der Waals surface area contributed by atoms with Gasteiger partial charge in [0.2, 0.25) is 5.91 Å². The van der Waals surface area contributed by atoms with Crippen LogP contribution in [0.4, 0.5) is 4.39 Å². The molecule has 108 valence electrons. The minimum atomic E-state index is -0.492. The van der Waals surface area contributed by atoms with Gasteiger partial charge in [-0.25, -0.2) is 9.40 Å². The molecule has 0 saturated carbocycles. The van der Waals surface area contributed by atoms with E-state index >= 15 is 0 Å². The molecule has 1 aromatic heterocycles. The number of amides is 1. The average Bonchev–Trinajstić information content (AvgIpc) is 3.07. The topological polar surface area (TPSA) is 32.7 Å². The minimum Gasteiger partial charge on any atom is -0.273 e. The highest BCUT2D eigenvalue weighted by molar-refractivity contribution is 7.12. The van der Waals surface area contributed by atoms with Crippen molar-refractivity contribution in [3.8, 4) is 0 Å². The van der Waals surface area contributed by atoms with Gasteiger partial charge in [0, 0.05) is 23.9 Å². The molecule has 21 heavy (non-hydrogen) atoms. The fraction of sp³-hybridized carbons (Fsp3) is 0.200. The van der Waals surface area contributed by atoms with Crippen molar-refractivity contribution in [3.05, 3.63) is 57.0 Å². The highest BCUT2D eigenvalue weighted by Crippen LogP contribution is 2.38. The Kier molecular flexibility index (Phi) is 3.78. The standard InChI is InChI=1S/C15H12ClFN2OS/c1-9(20)19-13(15-10(16)4-2-5-11(15)17)8-12(18-19)14-6-3-7-21-14/h2-7,13H,8H2,1H3/t13-/m0/s1. The molecule has 0 spiro atoms. The van der Waals surface area contributed by atoms with Crippen LogP contribution in [0.1, 0.15) is 29.8 Å². The summed E-state index contributed by atoms with van der Waals surface area (Å²) in [7, 11) is 0. The highest BCUT2D eigenvalue weighted by atomic mass is 35.5. The molecule has 1 atom stereocenters. The molecular formula is C15H12ClFN2OS. The summed E-state index contributed by atoms with van der Waals surface area (Å²) in [6.45, 7) is 1.42. The maximum Gasteiger partial charge on any atom is 0.240 e. The highest BCUT2D eigenvalue weighted by Gasteiger charge is 2.34. The van der Waals surface area contributed by atoms with Crippen molar-refractivity contribution in [2.75, 3.05) is 0 Å². The summed E-state index contributed by atoms with van der Waals surface area (Å²) in [5.41, 5.74) is 1.11. The molecule has 3 nitrogen and oxygen atoms in total. The zero-order valence-corrected chi connectivity index (χ0v) is 12.8. The summed E-state index contributed by atoms with van der Waals surface area (Å²) in [6.07, 6.45) is 0.459. The van der Waals surface area contributed by atoms with Gasteiger partial charge in [-0.1, -0.05) is 23.7 Å². The van der Waals surface area contributed by atoms with E-state index in [1.54, 1.807) is 23.5 Å². The van der Waals surface area contributed by atoms with Gasteiger partial charge in [-0.2, -0.15) is 5.10 Å². The van der Waals surface area contributed by atoms with Gasteiger partial charge in [-0.3, -0.25) is 4.79 Å². The number of carbonyl (C=O) groups is 1. The first-order chi connectivity index (χ1) is 10.1. The van der Waals surface area contributed by atoms with Crippen molar-refractivity contribution < 1.29 is 9.18 Å². The van der Waals surface area contributed by atoms with E-state index in [4.69, 9.17) is 11.6 Å². The molecule has 2 heterocycles. The molecule has 1 aromatic carbocycles. The summed E-state index contributed by atoms with van der Waals surface area (Å²) in [5, 5.41) is 7.93. The van der Waals surface area contributed by atoms with Crippen molar-refractivity contribution in [3.63, 3.8) is 0 Å². The Morgan fingerprint density at radius 3 is 2.86 bits per heavy atom. The third-order valence-corrected chi connectivity index (χ3v) is 4.62. The van der Waals surface area contributed by atoms with Crippen molar-refractivity contribution >= 4 is 34.6 Å². The summed E-state index contributed by atoms with van der Waals surface area (Å²) < 4.78 is 14.1. The van der Waals surface area contributed by atoms with Crippen LogP contribution in [0.5, 0.6) is 0 Å². The zero-order chi connectivity index (χ0) is 15.0. The Hall–Kier alpha value is -1.72. The second-order valence-corrected chi connectivity index (χ2v) is 6.10. The largest absolute Gasteiger partial charge is 0.273 e. The van der Waals surface area contributed by atoms with Crippen LogP contribution in [0.3, 0.4) is 0 Å². The normalized spacial score (nSPS) is 18.0. The van der Waals surface area contributed by atoms with Gasteiger partial charge in [-0.05, 0) is 23.6 Å². The molecule has 3 rings (SSSR count). The van der Waals surface area contributed by atoms with Crippen LogP contribution in [0.25, 0.3) is 0 Å². The molecular weight excluding hydrogens is 311 g/mol. The lowest BCUT2D eigenvalue weighted by molar-refractivity contribution is -0.130. The summed E-state index contributed by atoms with van der Waals surface area (Å²) >= 11 is 7.67. The van der Waals surface area contributed by atoms with E-state index in [1.807, 2.05) is 17.5 Å². The first kappa shape index (κ1) is 14.2. The smallest absolute Gasteiger partial charge is 0.240 e. The van der Waals surface area contributed by atoms with Gasteiger partial charge in [-0.15, -0.1) is 11.3 Å². The SMILES string of the molecule is CC(=O)N1N=C(c2cccs2)C[C@H]1c1c(F)cccc1Cl. The number of benzene rings is 1. The monoisotopic (exact) mass is 322 g/mol. The number of halogens is 2. The summed E-state index contributed by atoms with van der Waals surface area (Å²) in [6, 6.07) is 7.89. The number of carbonyl (C=O) groups excluding carboxylic acids is 1. The molecule has 0 fully saturated rings. The molecule has 0 aliphatic carbocycles. The maximum absolute atomic E-state index is 14.1. The molecule has 0 N–H and O–H groups in total. The van der Waals surface area contributed by atoms with E-state index in [9.17, 15) is 9.18 Å². The summed E-state index contributed by atoms with van der Waals surface area (Å²) in [5.74, 6) is -0.646. The van der Waals surface area contributed by atoms with Crippen molar-refractivity contribution in [2.24, 2.45) is 5.10 Å². The lowest BCUT2D eigenvalue weighted by Crippen LogP contribution is -2.25. The third kappa shape index (κ3) is 2.59. The Balaban J connectivity index is 2.02. The van der Waals surface area contributed by atoms with Crippen LogP contribution in [0, 0.1) is 5.82 Å². The Morgan fingerprint density at radius 1 is 1.43 bits per heavy atom. The van der Waals surface area contributed by atoms with Crippen LogP contribution in [-0.4, -0.2) is 16.6 Å². The lowest BCUT2D eigenvalue weighted by Gasteiger charge is -2.21. The Morgan fingerprint density at radius 2 is 2.24 bits per heavy atom. The number of nitrogens with zero attached hydrogens (tertiary/aromatic N) is 2. The van der Waals surface area contributed by atoms with Crippen LogP contribution in [0.2, 0.25) is 5.02 Å². The first-order valence-corrected chi connectivity index (χ1v) is 7.68.